The van der Waals surface area contributed by atoms with Gasteiger partial charge in [-0.15, -0.1) is 0 Å². The van der Waals surface area contributed by atoms with Gasteiger partial charge in [-0.3, -0.25) is 0 Å². The van der Waals surface area contributed by atoms with Crippen molar-refractivity contribution in [3.8, 4) is 0 Å². The van der Waals surface area contributed by atoms with E-state index in [9.17, 15) is 0 Å². The third-order valence-electron chi connectivity index (χ3n) is 1.15. The van der Waals surface area contributed by atoms with E-state index in [-0.39, 0.29) is 24.0 Å². The Bertz CT molecular complexity index is 246. The number of imidazole rings is 1. The summed E-state index contributed by atoms with van der Waals surface area (Å²) in [6.45, 7) is 0. The van der Waals surface area contributed by atoms with Crippen molar-refractivity contribution in [1.82, 2.24) is 4.57 Å². The predicted octanol–water partition coefficient (Wildman–Crippen LogP) is -2.19. The molecule has 0 saturated heterocycles. The molecular formula is C6H9IN2S2. The van der Waals surface area contributed by atoms with Gasteiger partial charge in [-0.2, -0.15) is 4.57 Å². The van der Waals surface area contributed by atoms with Crippen LogP contribution in [0.2, 0.25) is 0 Å². The topological polar surface area (TPSA) is 8.81 Å². The van der Waals surface area contributed by atoms with Gasteiger partial charge < -0.3 is 24.0 Å². The van der Waals surface area contributed by atoms with Crippen LogP contribution in [-0.2, 0) is 7.05 Å². The van der Waals surface area contributed by atoms with Crippen molar-refractivity contribution in [1.29, 1.82) is 0 Å². The molecule has 2 nitrogen and oxygen atoms in total. The first-order chi connectivity index (χ1) is 4.74. The second-order valence-corrected chi connectivity index (χ2v) is 3.40. The van der Waals surface area contributed by atoms with Crippen LogP contribution in [0, 0.1) is 0 Å². The van der Waals surface area contributed by atoms with Crippen LogP contribution in [0.1, 0.15) is 0 Å². The van der Waals surface area contributed by atoms with Gasteiger partial charge in [0.1, 0.15) is 12.4 Å². The molecule has 0 aromatic carbocycles. The van der Waals surface area contributed by atoms with Crippen molar-refractivity contribution in [2.75, 3.05) is 6.26 Å². The summed E-state index contributed by atoms with van der Waals surface area (Å²) in [5, 5.41) is 0. The lowest BCUT2D eigenvalue weighted by atomic mass is 10.9. The van der Waals surface area contributed by atoms with Gasteiger partial charge >= 0.3 is 0 Å². The number of aryl methyl sites for hydroxylation is 1. The molecule has 0 atom stereocenters. The maximum Gasteiger partial charge on any atom is 0.249 e. The molecule has 0 N–H and O–H groups in total. The zero-order valence-corrected chi connectivity index (χ0v) is 10.1. The third-order valence-corrected chi connectivity index (χ3v) is 2.43. The summed E-state index contributed by atoms with van der Waals surface area (Å²) in [6.07, 6.45) is 7.82. The van der Waals surface area contributed by atoms with Gasteiger partial charge in [0.25, 0.3) is 0 Å². The van der Waals surface area contributed by atoms with Gasteiger partial charge in [0.15, 0.2) is 0 Å². The minimum Gasteiger partial charge on any atom is -1.00 e. The molecule has 1 aromatic heterocycles. The fourth-order valence-corrected chi connectivity index (χ4v) is 1.09. The van der Waals surface area contributed by atoms with E-state index in [0.29, 0.717) is 0 Å². The van der Waals surface area contributed by atoms with Crippen molar-refractivity contribution in [3.05, 3.63) is 18.7 Å². The second kappa shape index (κ2) is 5.10. The van der Waals surface area contributed by atoms with Crippen LogP contribution in [-0.4, -0.2) is 15.1 Å². The maximum absolute atomic E-state index is 5.05. The quantitative estimate of drug-likeness (QED) is 0.306. The van der Waals surface area contributed by atoms with Gasteiger partial charge in [-0.25, -0.2) is 4.57 Å². The molecule has 0 saturated carbocycles. The van der Waals surface area contributed by atoms with Gasteiger partial charge in [0.2, 0.25) is 10.6 Å². The van der Waals surface area contributed by atoms with Crippen molar-refractivity contribution in [3.63, 3.8) is 0 Å². The molecule has 0 fully saturated rings. The van der Waals surface area contributed by atoms with Crippen LogP contribution in [0.3, 0.4) is 0 Å². The van der Waals surface area contributed by atoms with Crippen LogP contribution in [0.5, 0.6) is 0 Å². The summed E-state index contributed by atoms with van der Waals surface area (Å²) < 4.78 is 4.75. The first-order valence-electron chi connectivity index (χ1n) is 2.85. The van der Waals surface area contributed by atoms with E-state index in [1.807, 2.05) is 41.2 Å². The van der Waals surface area contributed by atoms with Crippen molar-refractivity contribution < 1.29 is 28.5 Å². The smallest absolute Gasteiger partial charge is 0.249 e. The Kier molecular flexibility index (Phi) is 5.28. The average molecular weight is 300 g/mol. The predicted molar refractivity (Wildman–Crippen MR) is 47.1 cm³/mol. The van der Waals surface area contributed by atoms with Crippen LogP contribution in [0.25, 0.3) is 0 Å². The zero-order chi connectivity index (χ0) is 7.56. The van der Waals surface area contributed by atoms with Gasteiger partial charge in [0.05, 0.1) is 7.05 Å². The Morgan fingerprint density at radius 1 is 1.64 bits per heavy atom. The van der Waals surface area contributed by atoms with Gasteiger partial charge in [-0.1, -0.05) is 11.8 Å². The molecule has 0 amide bonds. The summed E-state index contributed by atoms with van der Waals surface area (Å²) in [5.41, 5.74) is 0. The maximum atomic E-state index is 5.05. The highest BCUT2D eigenvalue weighted by molar-refractivity contribution is 8.22. The average Bonchev–Trinajstić information content (AvgIpc) is 2.34. The number of halogens is 1. The summed E-state index contributed by atoms with van der Waals surface area (Å²) >= 11 is 6.62. The third kappa shape index (κ3) is 3.08. The van der Waals surface area contributed by atoms with Crippen molar-refractivity contribution in [2.45, 2.75) is 0 Å². The number of aromatic nitrogens is 2. The van der Waals surface area contributed by atoms with E-state index in [1.165, 1.54) is 0 Å². The fourth-order valence-electron chi connectivity index (χ4n) is 0.664. The van der Waals surface area contributed by atoms with Crippen LogP contribution in [0.15, 0.2) is 18.7 Å². The second-order valence-electron chi connectivity index (χ2n) is 1.96. The van der Waals surface area contributed by atoms with E-state index in [1.54, 1.807) is 11.8 Å². The molecule has 0 aliphatic heterocycles. The first kappa shape index (κ1) is 11.4. The number of thiocarbonyl (C=S) groups is 1. The summed E-state index contributed by atoms with van der Waals surface area (Å²) in [6, 6.07) is 0. The standard InChI is InChI=1S/C6H9N2S2.HI/c1-7-3-4-8(5-7)6(9)10-2;/h3-5H,1-2H3;1H/q+1;/p-1. The van der Waals surface area contributed by atoms with Crippen LogP contribution < -0.4 is 28.5 Å². The number of hydrogen-bond acceptors (Lipinski definition) is 2. The molecule has 0 spiro atoms. The minimum atomic E-state index is 0. The molecule has 1 heterocycles. The molecule has 62 valence electrons. The lowest BCUT2D eigenvalue weighted by Gasteiger charge is -1.88. The zero-order valence-electron chi connectivity index (χ0n) is 6.32. The van der Waals surface area contributed by atoms with Gasteiger partial charge in [-0.05, 0) is 18.5 Å². The molecule has 0 radical (unpaired) electrons. The molecule has 1 aromatic rings. The monoisotopic (exact) mass is 300 g/mol. The summed E-state index contributed by atoms with van der Waals surface area (Å²) in [7, 11) is 1.97. The molecule has 0 bridgehead atoms. The largest absolute Gasteiger partial charge is 1.00 e. The van der Waals surface area contributed by atoms with Crippen molar-refractivity contribution >= 4 is 28.3 Å². The molecular weight excluding hydrogens is 291 g/mol. The lowest BCUT2D eigenvalue weighted by molar-refractivity contribution is -0.670. The fraction of sp³-hybridized carbons (Fsp3) is 0.333. The Morgan fingerprint density at radius 3 is 2.64 bits per heavy atom. The summed E-state index contributed by atoms with van der Waals surface area (Å²) in [5.74, 6) is 0. The Hall–Kier alpha value is 0.380. The molecule has 0 aliphatic carbocycles. The molecule has 11 heavy (non-hydrogen) atoms. The SMILES string of the molecule is CSC(=S)n1cc[n+](C)c1.[I-]. The Balaban J connectivity index is 0.000001000. The van der Waals surface area contributed by atoms with Crippen LogP contribution in [0.4, 0.5) is 0 Å². The lowest BCUT2D eigenvalue weighted by Crippen LogP contribution is -3.00. The molecule has 1 rings (SSSR count). The van der Waals surface area contributed by atoms with E-state index >= 15 is 0 Å². The van der Waals surface area contributed by atoms with E-state index < -0.39 is 0 Å². The van der Waals surface area contributed by atoms with Crippen LogP contribution >= 0.6 is 24.0 Å². The van der Waals surface area contributed by atoms with E-state index in [4.69, 9.17) is 12.2 Å². The highest BCUT2D eigenvalue weighted by atomic mass is 127. The number of hydrogen-bond donors (Lipinski definition) is 0. The normalized spacial score (nSPS) is 8.91. The number of rotatable bonds is 0. The Labute approximate surface area is 93.0 Å². The highest BCUT2D eigenvalue weighted by Gasteiger charge is 2.03. The number of nitrogens with zero attached hydrogens (tertiary/aromatic N) is 2. The van der Waals surface area contributed by atoms with Crippen molar-refractivity contribution in [2.24, 2.45) is 7.05 Å². The van der Waals surface area contributed by atoms with E-state index in [2.05, 4.69) is 0 Å². The minimum absolute atomic E-state index is 0. The summed E-state index contributed by atoms with van der Waals surface area (Å²) in [4.78, 5) is 0. The number of thioether (sulfide) groups is 1. The first-order valence-corrected chi connectivity index (χ1v) is 4.49. The van der Waals surface area contributed by atoms with E-state index in [0.717, 1.165) is 4.32 Å². The molecule has 5 heteroatoms. The molecule has 0 unspecified atom stereocenters. The van der Waals surface area contributed by atoms with Gasteiger partial charge in [0, 0.05) is 0 Å². The molecule has 0 aliphatic rings. The Morgan fingerprint density at radius 2 is 2.27 bits per heavy atom. The highest BCUT2D eigenvalue weighted by Crippen LogP contribution is 1.99.